The number of nitrogens with one attached hydrogen (secondary N) is 1. The molecule has 2 aromatic carbocycles. The van der Waals surface area contributed by atoms with Crippen LogP contribution in [0.15, 0.2) is 47.3 Å². The third-order valence-corrected chi connectivity index (χ3v) is 5.56. The molecule has 0 spiro atoms. The van der Waals surface area contributed by atoms with Crippen LogP contribution in [0.2, 0.25) is 5.02 Å². The highest BCUT2D eigenvalue weighted by Gasteiger charge is 2.09. The molecular weight excluding hydrogens is 422 g/mol. The Balaban J connectivity index is 1.65. The van der Waals surface area contributed by atoms with Gasteiger partial charge in [0, 0.05) is 0 Å². The summed E-state index contributed by atoms with van der Waals surface area (Å²) in [5, 5.41) is 10.6. The van der Waals surface area contributed by atoms with Crippen LogP contribution in [0.25, 0.3) is 22.6 Å². The predicted molar refractivity (Wildman–Crippen MR) is 131 cm³/mol. The zero-order chi connectivity index (χ0) is 22.8. The molecule has 0 radical (unpaired) electrons. The molecule has 5 nitrogen and oxygen atoms in total. The summed E-state index contributed by atoms with van der Waals surface area (Å²) in [4.78, 5) is 19.4. The van der Waals surface area contributed by atoms with Crippen LogP contribution < -0.4 is 10.3 Å². The molecule has 0 aliphatic heterocycles. The molecule has 0 bridgehead atoms. The van der Waals surface area contributed by atoms with Crippen LogP contribution in [0.5, 0.6) is 5.75 Å². The molecule has 0 aliphatic carbocycles. The summed E-state index contributed by atoms with van der Waals surface area (Å²) in [5.74, 6) is 0.858. The highest BCUT2D eigenvalue weighted by atomic mass is 35.5. The van der Waals surface area contributed by atoms with Gasteiger partial charge in [0.25, 0.3) is 5.56 Å². The summed E-state index contributed by atoms with van der Waals surface area (Å²) in [6, 6.07) is 14.5. The van der Waals surface area contributed by atoms with Crippen molar-refractivity contribution in [3.05, 3.63) is 69.2 Å². The van der Waals surface area contributed by atoms with Crippen LogP contribution in [0.1, 0.15) is 63.3 Å². The monoisotopic (exact) mass is 449 g/mol. The average molecular weight is 450 g/mol. The number of para-hydroxylation sites is 1. The maximum Gasteiger partial charge on any atom is 0.259 e. The average Bonchev–Trinajstić information content (AvgIpc) is 2.80. The first kappa shape index (κ1) is 23.6. The van der Waals surface area contributed by atoms with Gasteiger partial charge in [0.05, 0.1) is 28.1 Å². The Morgan fingerprint density at radius 2 is 1.88 bits per heavy atom. The van der Waals surface area contributed by atoms with E-state index in [9.17, 15) is 10.1 Å². The third-order valence-electron chi connectivity index (χ3n) is 5.26. The molecule has 166 valence electrons. The molecule has 0 aliphatic rings. The van der Waals surface area contributed by atoms with Gasteiger partial charge in [-0.1, -0.05) is 75.2 Å². The number of H-pyrrole nitrogens is 1. The number of hydrogen-bond acceptors (Lipinski definition) is 4. The number of fused-ring (bicyclic) bond motifs is 1. The number of nitriles is 1. The summed E-state index contributed by atoms with van der Waals surface area (Å²) < 4.78 is 5.82. The van der Waals surface area contributed by atoms with E-state index in [-0.39, 0.29) is 17.0 Å². The number of unbranched alkanes of at least 4 members (excludes halogenated alkanes) is 6. The molecule has 1 aromatic heterocycles. The number of halogens is 1. The van der Waals surface area contributed by atoms with Crippen LogP contribution in [-0.4, -0.2) is 16.6 Å². The van der Waals surface area contributed by atoms with Gasteiger partial charge >= 0.3 is 0 Å². The maximum atomic E-state index is 12.3. The molecule has 3 aromatic rings. The summed E-state index contributed by atoms with van der Waals surface area (Å²) in [6.07, 6.45) is 10.2. The van der Waals surface area contributed by atoms with E-state index in [1.807, 2.05) is 6.07 Å². The molecular formula is C26H28ClN3O2. The van der Waals surface area contributed by atoms with Crippen molar-refractivity contribution in [2.45, 2.75) is 51.9 Å². The lowest BCUT2D eigenvalue weighted by molar-refractivity contribution is 0.304. The van der Waals surface area contributed by atoms with Crippen molar-refractivity contribution in [2.24, 2.45) is 0 Å². The van der Waals surface area contributed by atoms with Crippen LogP contribution in [-0.2, 0) is 0 Å². The first-order valence-corrected chi connectivity index (χ1v) is 11.5. The molecule has 1 heterocycles. The number of ether oxygens (including phenoxy) is 1. The van der Waals surface area contributed by atoms with Crippen LogP contribution in [0.4, 0.5) is 0 Å². The zero-order valence-electron chi connectivity index (χ0n) is 18.4. The van der Waals surface area contributed by atoms with E-state index < -0.39 is 0 Å². The summed E-state index contributed by atoms with van der Waals surface area (Å²) in [6.45, 7) is 2.86. The van der Waals surface area contributed by atoms with Gasteiger partial charge in [-0.05, 0) is 42.3 Å². The number of aromatic amines is 1. The first-order valence-electron chi connectivity index (χ1n) is 11.2. The number of rotatable bonds is 11. The fourth-order valence-corrected chi connectivity index (χ4v) is 3.74. The Morgan fingerprint density at radius 1 is 1.12 bits per heavy atom. The van der Waals surface area contributed by atoms with Gasteiger partial charge < -0.3 is 9.72 Å². The van der Waals surface area contributed by atoms with Gasteiger partial charge in [0.1, 0.15) is 11.8 Å². The smallest absolute Gasteiger partial charge is 0.259 e. The van der Waals surface area contributed by atoms with Crippen molar-refractivity contribution in [1.82, 2.24) is 9.97 Å². The van der Waals surface area contributed by atoms with Gasteiger partial charge in [-0.2, -0.15) is 5.26 Å². The van der Waals surface area contributed by atoms with Gasteiger partial charge in [-0.15, -0.1) is 0 Å². The molecule has 1 N–H and O–H groups in total. The normalized spacial score (nSPS) is 11.5. The Hall–Kier alpha value is -3.10. The van der Waals surface area contributed by atoms with Crippen molar-refractivity contribution in [3.8, 4) is 11.8 Å². The molecule has 3 rings (SSSR count). The van der Waals surface area contributed by atoms with Crippen molar-refractivity contribution in [3.63, 3.8) is 0 Å². The van der Waals surface area contributed by atoms with Crippen LogP contribution in [0.3, 0.4) is 0 Å². The number of benzene rings is 2. The van der Waals surface area contributed by atoms with Crippen molar-refractivity contribution in [2.75, 3.05) is 6.61 Å². The Labute approximate surface area is 193 Å². The molecule has 0 atom stereocenters. The molecule has 0 saturated heterocycles. The minimum Gasteiger partial charge on any atom is -0.492 e. The minimum absolute atomic E-state index is 0.228. The largest absolute Gasteiger partial charge is 0.492 e. The molecule has 6 heteroatoms. The molecule has 0 saturated carbocycles. The minimum atomic E-state index is -0.279. The standard InChI is InChI=1S/C26H28ClN3O2/c1-2-3-4-5-6-7-10-15-32-24-14-13-19(17-22(24)27)16-20(18-28)25-29-23-12-9-8-11-21(23)26(31)30-25/h8-9,11-14,16-17H,2-7,10,15H2,1H3,(H,29,30,31)/b20-16-. The Morgan fingerprint density at radius 3 is 2.62 bits per heavy atom. The van der Waals surface area contributed by atoms with Gasteiger partial charge in [0.15, 0.2) is 5.82 Å². The fourth-order valence-electron chi connectivity index (χ4n) is 3.50. The second-order valence-electron chi connectivity index (χ2n) is 7.76. The summed E-state index contributed by atoms with van der Waals surface area (Å²) >= 11 is 6.39. The van der Waals surface area contributed by atoms with E-state index in [4.69, 9.17) is 16.3 Å². The molecule has 0 fully saturated rings. The van der Waals surface area contributed by atoms with Gasteiger partial charge in [0.2, 0.25) is 0 Å². The van der Waals surface area contributed by atoms with Crippen molar-refractivity contribution < 1.29 is 4.74 Å². The number of hydrogen-bond donors (Lipinski definition) is 1. The zero-order valence-corrected chi connectivity index (χ0v) is 19.1. The predicted octanol–water partition coefficient (Wildman–Crippen LogP) is 6.77. The lowest BCUT2D eigenvalue weighted by Gasteiger charge is -2.09. The number of nitrogens with zero attached hydrogens (tertiary/aromatic N) is 2. The second-order valence-corrected chi connectivity index (χ2v) is 8.17. The fraction of sp³-hybridized carbons (Fsp3) is 0.346. The molecule has 0 unspecified atom stereocenters. The van der Waals surface area contributed by atoms with Crippen molar-refractivity contribution >= 4 is 34.2 Å². The lowest BCUT2D eigenvalue weighted by Crippen LogP contribution is -2.11. The first-order chi connectivity index (χ1) is 15.6. The van der Waals surface area contributed by atoms with Crippen LogP contribution in [0, 0.1) is 11.3 Å². The summed E-state index contributed by atoms with van der Waals surface area (Å²) in [7, 11) is 0. The highest BCUT2D eigenvalue weighted by molar-refractivity contribution is 6.32. The Kier molecular flexibility index (Phi) is 8.89. The SMILES string of the molecule is CCCCCCCCCOc1ccc(/C=C(/C#N)c2nc3ccccc3c(=O)[nH]2)cc1Cl. The quantitative estimate of drug-likeness (QED) is 0.259. The summed E-state index contributed by atoms with van der Waals surface area (Å²) in [5.41, 5.74) is 1.24. The van der Waals surface area contributed by atoms with E-state index in [0.29, 0.717) is 28.3 Å². The van der Waals surface area contributed by atoms with Crippen molar-refractivity contribution in [1.29, 1.82) is 5.26 Å². The van der Waals surface area contributed by atoms with E-state index in [2.05, 4.69) is 23.0 Å². The van der Waals surface area contributed by atoms with E-state index >= 15 is 0 Å². The van der Waals surface area contributed by atoms with Gasteiger partial charge in [-0.25, -0.2) is 4.98 Å². The van der Waals surface area contributed by atoms with E-state index in [1.54, 1.807) is 42.5 Å². The maximum absolute atomic E-state index is 12.3. The number of allylic oxidation sites excluding steroid dienone is 1. The van der Waals surface area contributed by atoms with E-state index in [0.717, 1.165) is 18.4 Å². The number of aromatic nitrogens is 2. The van der Waals surface area contributed by atoms with Crippen LogP contribution >= 0.6 is 11.6 Å². The Bertz CT molecular complexity index is 1180. The van der Waals surface area contributed by atoms with E-state index in [1.165, 1.54) is 32.1 Å². The molecule has 0 amide bonds. The van der Waals surface area contributed by atoms with Gasteiger partial charge in [-0.3, -0.25) is 4.79 Å². The lowest BCUT2D eigenvalue weighted by atomic mass is 10.1. The molecule has 32 heavy (non-hydrogen) atoms. The second kappa shape index (κ2) is 12.1. The highest BCUT2D eigenvalue weighted by Crippen LogP contribution is 2.27. The topological polar surface area (TPSA) is 78.8 Å². The third kappa shape index (κ3) is 6.45.